The number of phenols is 1. The normalized spacial score (nSPS) is 10.9. The van der Waals surface area contributed by atoms with Crippen molar-refractivity contribution in [2.24, 2.45) is 0 Å². The molecule has 130 valence electrons. The second-order valence-electron chi connectivity index (χ2n) is 6.07. The third kappa shape index (κ3) is 3.47. The van der Waals surface area contributed by atoms with E-state index >= 15 is 0 Å². The Bertz CT molecular complexity index is 937. The van der Waals surface area contributed by atoms with Crippen LogP contribution in [0, 0.1) is 0 Å². The Morgan fingerprint density at radius 3 is 2.77 bits per heavy atom. The lowest BCUT2D eigenvalue weighted by Gasteiger charge is -2.15. The Kier molecular flexibility index (Phi) is 5.07. The number of carbonyl (C=O) groups is 1. The number of aromatic nitrogens is 3. The predicted octanol–water partition coefficient (Wildman–Crippen LogP) is 3.12. The average Bonchev–Trinajstić information content (AvgIpc) is 3.09. The first-order valence-corrected chi connectivity index (χ1v) is 8.21. The van der Waals surface area contributed by atoms with Crippen molar-refractivity contribution in [3.05, 3.63) is 59.9 Å². The van der Waals surface area contributed by atoms with E-state index in [1.54, 1.807) is 24.5 Å². The Balaban J connectivity index is 1.93. The number of carbonyl (C=O) groups excluding carboxylic acids is 1. The highest BCUT2D eigenvalue weighted by Gasteiger charge is 2.16. The van der Waals surface area contributed by atoms with Crippen molar-refractivity contribution >= 4 is 13.5 Å². The predicted molar refractivity (Wildman–Crippen MR) is 98.4 cm³/mol. The summed E-state index contributed by atoms with van der Waals surface area (Å²) in [6.07, 6.45) is 3.44. The molecular formula is C19H18BN3O3. The summed E-state index contributed by atoms with van der Waals surface area (Å²) in [6, 6.07) is 10.4. The van der Waals surface area contributed by atoms with E-state index in [-0.39, 0.29) is 29.7 Å². The van der Waals surface area contributed by atoms with Crippen molar-refractivity contribution in [3.8, 4) is 22.9 Å². The maximum Gasteiger partial charge on any atom is 0.175 e. The molecule has 0 spiro atoms. The van der Waals surface area contributed by atoms with E-state index in [0.717, 1.165) is 17.0 Å². The number of pyridine rings is 1. The molecule has 3 rings (SSSR count). The Morgan fingerprint density at radius 2 is 2.04 bits per heavy atom. The van der Waals surface area contributed by atoms with Gasteiger partial charge in [0, 0.05) is 24.0 Å². The number of ether oxygens (including phenoxy) is 1. The van der Waals surface area contributed by atoms with Crippen molar-refractivity contribution in [2.75, 3.05) is 0 Å². The minimum absolute atomic E-state index is 0.0369. The van der Waals surface area contributed by atoms with E-state index in [9.17, 15) is 9.90 Å². The molecule has 0 atom stereocenters. The molecule has 0 saturated heterocycles. The molecule has 0 amide bonds. The number of hydrogen-bond donors (Lipinski definition) is 1. The van der Waals surface area contributed by atoms with E-state index in [1.165, 1.54) is 6.07 Å². The summed E-state index contributed by atoms with van der Waals surface area (Å²) in [5.41, 5.74) is 1.67. The van der Waals surface area contributed by atoms with Gasteiger partial charge >= 0.3 is 0 Å². The highest BCUT2D eigenvalue weighted by Crippen LogP contribution is 2.29. The minimum atomic E-state index is -0.748. The van der Waals surface area contributed by atoms with Crippen molar-refractivity contribution < 1.29 is 14.6 Å². The fourth-order valence-electron chi connectivity index (χ4n) is 2.74. The molecule has 2 radical (unpaired) electrons. The van der Waals surface area contributed by atoms with Crippen LogP contribution < -0.4 is 4.74 Å². The van der Waals surface area contributed by atoms with Crippen LogP contribution in [0.4, 0.5) is 0 Å². The summed E-state index contributed by atoms with van der Waals surface area (Å²) in [5.74, 6) is 0.0176. The second-order valence-corrected chi connectivity index (χ2v) is 6.07. The molecule has 0 fully saturated rings. The SMILES string of the molecule is [B]C(=O)c1c(O)cccc1OCc1cccnc1-c1ccnn1C(C)C. The van der Waals surface area contributed by atoms with Gasteiger partial charge in [0.15, 0.2) is 7.85 Å². The molecule has 7 heteroatoms. The second kappa shape index (κ2) is 7.43. The van der Waals surface area contributed by atoms with Gasteiger partial charge in [-0.1, -0.05) is 12.1 Å². The Hall–Kier alpha value is -3.09. The van der Waals surface area contributed by atoms with Crippen molar-refractivity contribution in [2.45, 2.75) is 26.5 Å². The number of benzene rings is 1. The van der Waals surface area contributed by atoms with Gasteiger partial charge in [0.25, 0.3) is 0 Å². The van der Waals surface area contributed by atoms with Gasteiger partial charge in [-0.2, -0.15) is 5.10 Å². The summed E-state index contributed by atoms with van der Waals surface area (Å²) in [7, 11) is 5.34. The van der Waals surface area contributed by atoms with E-state index in [4.69, 9.17) is 12.6 Å². The smallest absolute Gasteiger partial charge is 0.175 e. The maximum atomic E-state index is 11.6. The molecule has 0 aliphatic rings. The molecule has 0 aliphatic carbocycles. The van der Waals surface area contributed by atoms with Gasteiger partial charge in [-0.15, -0.1) is 0 Å². The van der Waals surface area contributed by atoms with Gasteiger partial charge in [-0.05, 0) is 38.1 Å². The topological polar surface area (TPSA) is 77.2 Å². The fraction of sp³-hybridized carbons (Fsp3) is 0.211. The number of phenolic OH excluding ortho intramolecular Hbond substituents is 1. The number of hydrogen-bond acceptors (Lipinski definition) is 5. The summed E-state index contributed by atoms with van der Waals surface area (Å²) in [6.45, 7) is 4.25. The lowest BCUT2D eigenvalue weighted by Crippen LogP contribution is -2.08. The zero-order valence-corrected chi connectivity index (χ0v) is 14.6. The van der Waals surface area contributed by atoms with Gasteiger partial charge in [0.05, 0.1) is 17.0 Å². The van der Waals surface area contributed by atoms with Crippen LogP contribution in [0.15, 0.2) is 48.8 Å². The van der Waals surface area contributed by atoms with Crippen molar-refractivity contribution in [3.63, 3.8) is 0 Å². The van der Waals surface area contributed by atoms with Crippen molar-refractivity contribution in [1.29, 1.82) is 0 Å². The zero-order valence-electron chi connectivity index (χ0n) is 14.6. The summed E-state index contributed by atoms with van der Waals surface area (Å²) < 4.78 is 7.66. The quantitative estimate of drug-likeness (QED) is 0.694. The van der Waals surface area contributed by atoms with Gasteiger partial charge in [-0.3, -0.25) is 9.67 Å². The molecule has 2 aromatic heterocycles. The molecule has 6 nitrogen and oxygen atoms in total. The first-order chi connectivity index (χ1) is 12.5. The molecule has 0 aliphatic heterocycles. The lowest BCUT2D eigenvalue weighted by atomic mass is 9.93. The van der Waals surface area contributed by atoms with Crippen LogP contribution in [0.5, 0.6) is 11.5 Å². The van der Waals surface area contributed by atoms with Crippen LogP contribution in [-0.4, -0.2) is 33.4 Å². The molecular weight excluding hydrogens is 329 g/mol. The zero-order chi connectivity index (χ0) is 18.7. The van der Waals surface area contributed by atoms with E-state index < -0.39 is 5.68 Å². The molecule has 0 saturated carbocycles. The number of nitrogens with zero attached hydrogens (tertiary/aromatic N) is 3. The first-order valence-electron chi connectivity index (χ1n) is 8.21. The molecule has 0 unspecified atom stereocenters. The Labute approximate surface area is 152 Å². The minimum Gasteiger partial charge on any atom is -0.507 e. The Morgan fingerprint density at radius 1 is 1.23 bits per heavy atom. The van der Waals surface area contributed by atoms with Crippen LogP contribution in [-0.2, 0) is 6.61 Å². The molecule has 2 heterocycles. The highest BCUT2D eigenvalue weighted by molar-refractivity contribution is 6.63. The average molecular weight is 347 g/mol. The molecule has 0 bridgehead atoms. The van der Waals surface area contributed by atoms with Crippen LogP contribution in [0.25, 0.3) is 11.4 Å². The molecule has 3 aromatic rings. The van der Waals surface area contributed by atoms with Crippen LogP contribution >= 0.6 is 0 Å². The highest BCUT2D eigenvalue weighted by atomic mass is 16.5. The number of aromatic hydroxyl groups is 1. The summed E-state index contributed by atoms with van der Waals surface area (Å²) in [5, 5.41) is 14.2. The number of rotatable bonds is 6. The van der Waals surface area contributed by atoms with Crippen LogP contribution in [0.3, 0.4) is 0 Å². The largest absolute Gasteiger partial charge is 0.507 e. The van der Waals surface area contributed by atoms with Gasteiger partial charge in [0.1, 0.15) is 23.8 Å². The lowest BCUT2D eigenvalue weighted by molar-refractivity contribution is 0.107. The monoisotopic (exact) mass is 347 g/mol. The maximum absolute atomic E-state index is 11.6. The van der Waals surface area contributed by atoms with E-state index in [0.29, 0.717) is 0 Å². The van der Waals surface area contributed by atoms with Crippen LogP contribution in [0.2, 0.25) is 0 Å². The fourth-order valence-corrected chi connectivity index (χ4v) is 2.74. The third-order valence-corrected chi connectivity index (χ3v) is 3.93. The summed E-state index contributed by atoms with van der Waals surface area (Å²) >= 11 is 0. The summed E-state index contributed by atoms with van der Waals surface area (Å²) in [4.78, 5) is 16.1. The standard InChI is InChI=1S/C19H18BN3O3/c1-12(2)23-14(8-10-22-23)18-13(5-4-9-21-18)11-26-16-7-3-6-15(24)17(16)19(20)25/h3-10,12,24H,11H2,1-2H3. The third-order valence-electron chi connectivity index (χ3n) is 3.93. The molecule has 1 aromatic carbocycles. The van der Waals surface area contributed by atoms with Crippen molar-refractivity contribution in [1.82, 2.24) is 14.8 Å². The van der Waals surface area contributed by atoms with Gasteiger partial charge in [-0.25, -0.2) is 0 Å². The van der Waals surface area contributed by atoms with E-state index in [1.807, 2.05) is 36.7 Å². The first kappa shape index (κ1) is 17.7. The van der Waals surface area contributed by atoms with Crippen LogP contribution in [0.1, 0.15) is 35.8 Å². The molecule has 26 heavy (non-hydrogen) atoms. The van der Waals surface area contributed by atoms with Gasteiger partial charge in [0.2, 0.25) is 0 Å². The van der Waals surface area contributed by atoms with E-state index in [2.05, 4.69) is 10.1 Å². The van der Waals surface area contributed by atoms with Gasteiger partial charge < -0.3 is 14.6 Å². The molecule has 1 N–H and O–H groups in total.